The molecule has 68 valence electrons. The first-order valence-electron chi connectivity index (χ1n) is 4.93. The van der Waals surface area contributed by atoms with Crippen LogP contribution in [0.25, 0.3) is 0 Å². The molecule has 1 aliphatic carbocycles. The molecule has 0 aromatic carbocycles. The minimum Gasteiger partial charge on any atom is -0.396 e. The standard InChI is InChI=1S/C8H16O.C2H6/c1-7-2-3-8(6-7)4-5-9;1-2/h7-9H,2-6H2,1H3;1-2H3. The van der Waals surface area contributed by atoms with Gasteiger partial charge in [-0.3, -0.25) is 0 Å². The lowest BCUT2D eigenvalue weighted by Gasteiger charge is -2.04. The molecule has 0 aliphatic heterocycles. The van der Waals surface area contributed by atoms with E-state index >= 15 is 0 Å². The summed E-state index contributed by atoms with van der Waals surface area (Å²) in [6, 6.07) is 0. The van der Waals surface area contributed by atoms with E-state index in [2.05, 4.69) is 6.92 Å². The highest BCUT2D eigenvalue weighted by molar-refractivity contribution is 4.71. The summed E-state index contributed by atoms with van der Waals surface area (Å²) in [5, 5.41) is 8.61. The van der Waals surface area contributed by atoms with Crippen molar-refractivity contribution < 1.29 is 5.11 Å². The van der Waals surface area contributed by atoms with Gasteiger partial charge >= 0.3 is 0 Å². The maximum atomic E-state index is 8.61. The lowest BCUT2D eigenvalue weighted by molar-refractivity contribution is 0.256. The van der Waals surface area contributed by atoms with Crippen LogP contribution >= 0.6 is 0 Å². The molecular formula is C10H22O. The van der Waals surface area contributed by atoms with Crippen LogP contribution in [0, 0.1) is 11.8 Å². The SMILES string of the molecule is CC.CC1CCC(CCO)C1. The van der Waals surface area contributed by atoms with Gasteiger partial charge in [0.25, 0.3) is 0 Å². The van der Waals surface area contributed by atoms with E-state index in [1.807, 2.05) is 13.8 Å². The monoisotopic (exact) mass is 158 g/mol. The molecule has 0 aromatic rings. The highest BCUT2D eigenvalue weighted by Crippen LogP contribution is 2.31. The summed E-state index contributed by atoms with van der Waals surface area (Å²) in [4.78, 5) is 0. The summed E-state index contributed by atoms with van der Waals surface area (Å²) in [6.07, 6.45) is 5.11. The van der Waals surface area contributed by atoms with E-state index in [1.54, 1.807) is 0 Å². The van der Waals surface area contributed by atoms with Crippen LogP contribution in [0.5, 0.6) is 0 Å². The summed E-state index contributed by atoms with van der Waals surface area (Å²) in [6.45, 7) is 6.69. The molecule has 0 radical (unpaired) electrons. The van der Waals surface area contributed by atoms with Gasteiger partial charge in [-0.25, -0.2) is 0 Å². The molecule has 0 bridgehead atoms. The molecule has 1 aliphatic rings. The second-order valence-corrected chi connectivity index (χ2v) is 3.30. The molecule has 1 heteroatoms. The second-order valence-electron chi connectivity index (χ2n) is 3.30. The summed E-state index contributed by atoms with van der Waals surface area (Å²) in [5.41, 5.74) is 0. The van der Waals surface area contributed by atoms with Gasteiger partial charge in [0.2, 0.25) is 0 Å². The molecule has 2 atom stereocenters. The molecule has 1 rings (SSSR count). The van der Waals surface area contributed by atoms with Gasteiger partial charge < -0.3 is 5.11 Å². The Labute approximate surface area is 70.8 Å². The average Bonchev–Trinajstić information content (AvgIpc) is 2.41. The third-order valence-electron chi connectivity index (χ3n) is 2.34. The molecule has 1 saturated carbocycles. The van der Waals surface area contributed by atoms with Gasteiger partial charge in [-0.1, -0.05) is 33.6 Å². The molecule has 11 heavy (non-hydrogen) atoms. The number of hydrogen-bond acceptors (Lipinski definition) is 1. The summed E-state index contributed by atoms with van der Waals surface area (Å²) < 4.78 is 0. The van der Waals surface area contributed by atoms with Gasteiger partial charge in [0.05, 0.1) is 0 Å². The van der Waals surface area contributed by atoms with Crippen molar-refractivity contribution in [3.8, 4) is 0 Å². The highest BCUT2D eigenvalue weighted by atomic mass is 16.3. The van der Waals surface area contributed by atoms with Crippen molar-refractivity contribution in [1.82, 2.24) is 0 Å². The Kier molecular flexibility index (Phi) is 6.63. The molecule has 1 fully saturated rings. The normalized spacial score (nSPS) is 29.5. The molecule has 0 saturated heterocycles. The third kappa shape index (κ3) is 4.41. The molecule has 0 heterocycles. The van der Waals surface area contributed by atoms with Crippen LogP contribution < -0.4 is 0 Å². The van der Waals surface area contributed by atoms with Crippen LogP contribution in [0.2, 0.25) is 0 Å². The average molecular weight is 158 g/mol. The second kappa shape index (κ2) is 6.66. The zero-order valence-electron chi connectivity index (χ0n) is 8.14. The number of aliphatic hydroxyl groups is 1. The topological polar surface area (TPSA) is 20.2 Å². The van der Waals surface area contributed by atoms with Crippen LogP contribution in [-0.2, 0) is 0 Å². The number of aliphatic hydroxyl groups excluding tert-OH is 1. The van der Waals surface area contributed by atoms with Crippen molar-refractivity contribution in [1.29, 1.82) is 0 Å². The van der Waals surface area contributed by atoms with E-state index in [4.69, 9.17) is 5.11 Å². The van der Waals surface area contributed by atoms with Crippen molar-refractivity contribution >= 4 is 0 Å². The number of rotatable bonds is 2. The minimum absolute atomic E-state index is 0.386. The van der Waals surface area contributed by atoms with E-state index < -0.39 is 0 Å². The van der Waals surface area contributed by atoms with Gasteiger partial charge in [0.1, 0.15) is 0 Å². The van der Waals surface area contributed by atoms with Crippen molar-refractivity contribution in [2.24, 2.45) is 11.8 Å². The molecule has 2 unspecified atom stereocenters. The first-order valence-corrected chi connectivity index (χ1v) is 4.93. The van der Waals surface area contributed by atoms with E-state index in [0.29, 0.717) is 6.61 Å². The van der Waals surface area contributed by atoms with Crippen molar-refractivity contribution in [2.75, 3.05) is 6.61 Å². The Balaban J connectivity index is 0.000000461. The Morgan fingerprint density at radius 2 is 1.91 bits per heavy atom. The minimum atomic E-state index is 0.386. The highest BCUT2D eigenvalue weighted by Gasteiger charge is 2.19. The fraction of sp³-hybridized carbons (Fsp3) is 1.00. The quantitative estimate of drug-likeness (QED) is 0.655. The Hall–Kier alpha value is -0.0400. The van der Waals surface area contributed by atoms with Crippen molar-refractivity contribution in [2.45, 2.75) is 46.5 Å². The molecular weight excluding hydrogens is 136 g/mol. The van der Waals surface area contributed by atoms with E-state index in [9.17, 15) is 0 Å². The summed E-state index contributed by atoms with van der Waals surface area (Å²) >= 11 is 0. The van der Waals surface area contributed by atoms with Crippen LogP contribution in [0.1, 0.15) is 46.5 Å². The predicted octanol–water partition coefficient (Wildman–Crippen LogP) is 2.83. The number of hydrogen-bond donors (Lipinski definition) is 1. The Bertz CT molecular complexity index is 78.9. The molecule has 0 aromatic heterocycles. The van der Waals surface area contributed by atoms with E-state index in [1.165, 1.54) is 19.3 Å². The third-order valence-corrected chi connectivity index (χ3v) is 2.34. The van der Waals surface area contributed by atoms with Crippen molar-refractivity contribution in [3.05, 3.63) is 0 Å². The van der Waals surface area contributed by atoms with Crippen LogP contribution in [0.3, 0.4) is 0 Å². The maximum absolute atomic E-state index is 8.61. The van der Waals surface area contributed by atoms with Gasteiger partial charge in [-0.05, 0) is 24.7 Å². The van der Waals surface area contributed by atoms with Crippen LogP contribution in [0.15, 0.2) is 0 Å². The first kappa shape index (κ1) is 11.0. The van der Waals surface area contributed by atoms with Crippen LogP contribution in [-0.4, -0.2) is 11.7 Å². The zero-order chi connectivity index (χ0) is 8.69. The lowest BCUT2D eigenvalue weighted by atomic mass is 10.0. The van der Waals surface area contributed by atoms with Crippen molar-refractivity contribution in [3.63, 3.8) is 0 Å². The maximum Gasteiger partial charge on any atom is 0.0433 e. The first-order chi connectivity index (χ1) is 5.33. The fourth-order valence-corrected chi connectivity index (χ4v) is 1.77. The summed E-state index contributed by atoms with van der Waals surface area (Å²) in [7, 11) is 0. The smallest absolute Gasteiger partial charge is 0.0433 e. The van der Waals surface area contributed by atoms with E-state index in [-0.39, 0.29) is 0 Å². The van der Waals surface area contributed by atoms with Gasteiger partial charge in [-0.2, -0.15) is 0 Å². The Morgan fingerprint density at radius 1 is 1.27 bits per heavy atom. The lowest BCUT2D eigenvalue weighted by Crippen LogP contribution is -1.97. The molecule has 1 N–H and O–H groups in total. The fourth-order valence-electron chi connectivity index (χ4n) is 1.77. The van der Waals surface area contributed by atoms with Gasteiger partial charge in [0.15, 0.2) is 0 Å². The zero-order valence-corrected chi connectivity index (χ0v) is 8.14. The van der Waals surface area contributed by atoms with Gasteiger partial charge in [0, 0.05) is 6.61 Å². The predicted molar refractivity (Wildman–Crippen MR) is 49.6 cm³/mol. The molecule has 0 amide bonds. The van der Waals surface area contributed by atoms with Gasteiger partial charge in [-0.15, -0.1) is 0 Å². The van der Waals surface area contributed by atoms with Crippen LogP contribution in [0.4, 0.5) is 0 Å². The Morgan fingerprint density at radius 3 is 2.27 bits per heavy atom. The summed E-state index contributed by atoms with van der Waals surface area (Å²) in [5.74, 6) is 1.76. The molecule has 0 spiro atoms. The van der Waals surface area contributed by atoms with E-state index in [0.717, 1.165) is 18.3 Å². The largest absolute Gasteiger partial charge is 0.396 e. The molecule has 1 nitrogen and oxygen atoms in total.